The average molecular weight is 204 g/mol. The Labute approximate surface area is 87.7 Å². The average Bonchev–Trinajstić information content (AvgIpc) is 2.71. The van der Waals surface area contributed by atoms with Crippen molar-refractivity contribution in [1.29, 1.82) is 0 Å². The zero-order chi connectivity index (χ0) is 10.7. The summed E-state index contributed by atoms with van der Waals surface area (Å²) in [7, 11) is 0. The Morgan fingerprint density at radius 1 is 1.47 bits per heavy atom. The summed E-state index contributed by atoms with van der Waals surface area (Å²) in [6, 6.07) is 7.02. The molecule has 0 spiro atoms. The molecule has 4 heteroatoms. The Balaban J connectivity index is 2.23. The second-order valence-electron chi connectivity index (χ2n) is 3.39. The molecule has 0 aromatic heterocycles. The molecule has 0 fully saturated rings. The third-order valence-corrected chi connectivity index (χ3v) is 2.35. The molecule has 78 valence electrons. The molecule has 2 rings (SSSR count). The SMILES string of the molecule is O=C(O)c1ccccc1CC1=NCCN1. The number of hydrogen-bond donors (Lipinski definition) is 2. The fraction of sp³-hybridized carbons (Fsp3) is 0.273. The molecule has 1 aliphatic heterocycles. The molecule has 4 nitrogen and oxygen atoms in total. The number of nitrogens with zero attached hydrogens (tertiary/aromatic N) is 1. The smallest absolute Gasteiger partial charge is 0.335 e. The van der Waals surface area contributed by atoms with Crippen LogP contribution in [0.3, 0.4) is 0 Å². The Morgan fingerprint density at radius 3 is 2.93 bits per heavy atom. The third-order valence-electron chi connectivity index (χ3n) is 2.35. The maximum absolute atomic E-state index is 10.9. The highest BCUT2D eigenvalue weighted by atomic mass is 16.4. The molecule has 1 aliphatic rings. The van der Waals surface area contributed by atoms with Crippen molar-refractivity contribution in [2.45, 2.75) is 6.42 Å². The molecule has 15 heavy (non-hydrogen) atoms. The lowest BCUT2D eigenvalue weighted by atomic mass is 10.0. The highest BCUT2D eigenvalue weighted by Gasteiger charge is 2.12. The van der Waals surface area contributed by atoms with E-state index in [0.29, 0.717) is 12.0 Å². The van der Waals surface area contributed by atoms with Crippen LogP contribution >= 0.6 is 0 Å². The quantitative estimate of drug-likeness (QED) is 0.769. The van der Waals surface area contributed by atoms with Gasteiger partial charge in [-0.2, -0.15) is 0 Å². The number of benzene rings is 1. The van der Waals surface area contributed by atoms with Crippen LogP contribution in [0.25, 0.3) is 0 Å². The summed E-state index contributed by atoms with van der Waals surface area (Å²) in [5.74, 6) is -0.00658. The maximum Gasteiger partial charge on any atom is 0.335 e. The Bertz CT molecular complexity index is 413. The van der Waals surface area contributed by atoms with Crippen molar-refractivity contribution in [3.05, 3.63) is 35.4 Å². The predicted octanol–water partition coefficient (Wildman–Crippen LogP) is 0.929. The Kier molecular flexibility index (Phi) is 2.67. The second kappa shape index (κ2) is 4.13. The van der Waals surface area contributed by atoms with Gasteiger partial charge in [0.15, 0.2) is 0 Å². The molecule has 0 aliphatic carbocycles. The van der Waals surface area contributed by atoms with Crippen LogP contribution in [-0.2, 0) is 6.42 Å². The summed E-state index contributed by atoms with van der Waals surface area (Å²) in [6.07, 6.45) is 0.572. The van der Waals surface area contributed by atoms with Crippen LogP contribution < -0.4 is 5.32 Å². The molecule has 0 atom stereocenters. The number of amidine groups is 1. The van der Waals surface area contributed by atoms with Crippen molar-refractivity contribution < 1.29 is 9.90 Å². The minimum absolute atomic E-state index is 0.355. The zero-order valence-corrected chi connectivity index (χ0v) is 8.23. The Morgan fingerprint density at radius 2 is 2.27 bits per heavy atom. The molecular weight excluding hydrogens is 192 g/mol. The van der Waals surface area contributed by atoms with E-state index in [0.717, 1.165) is 24.5 Å². The summed E-state index contributed by atoms with van der Waals surface area (Å²) in [4.78, 5) is 15.2. The molecule has 2 N–H and O–H groups in total. The molecule has 0 bridgehead atoms. The zero-order valence-electron chi connectivity index (χ0n) is 8.23. The summed E-state index contributed by atoms with van der Waals surface area (Å²) < 4.78 is 0. The monoisotopic (exact) mass is 204 g/mol. The van der Waals surface area contributed by atoms with E-state index in [1.807, 2.05) is 12.1 Å². The summed E-state index contributed by atoms with van der Waals surface area (Å²) in [5, 5.41) is 12.1. The molecule has 1 heterocycles. The van der Waals surface area contributed by atoms with Gasteiger partial charge in [0.2, 0.25) is 0 Å². The summed E-state index contributed by atoms with van der Waals surface area (Å²) >= 11 is 0. The lowest BCUT2D eigenvalue weighted by molar-refractivity contribution is 0.0696. The van der Waals surface area contributed by atoms with Gasteiger partial charge in [0.05, 0.1) is 12.1 Å². The molecule has 0 amide bonds. The van der Waals surface area contributed by atoms with E-state index in [9.17, 15) is 4.79 Å². The van der Waals surface area contributed by atoms with Crippen molar-refractivity contribution in [2.24, 2.45) is 4.99 Å². The third kappa shape index (κ3) is 2.15. The van der Waals surface area contributed by atoms with Gasteiger partial charge in [0.1, 0.15) is 5.84 Å². The van der Waals surface area contributed by atoms with Crippen LogP contribution in [-0.4, -0.2) is 30.0 Å². The molecule has 1 aromatic rings. The molecule has 0 radical (unpaired) electrons. The lowest BCUT2D eigenvalue weighted by Crippen LogP contribution is -2.21. The number of aliphatic imine (C=N–C) groups is 1. The maximum atomic E-state index is 10.9. The van der Waals surface area contributed by atoms with Gasteiger partial charge in [-0.1, -0.05) is 18.2 Å². The van der Waals surface area contributed by atoms with Crippen LogP contribution in [0.2, 0.25) is 0 Å². The number of rotatable bonds is 3. The molecule has 0 saturated carbocycles. The number of hydrogen-bond acceptors (Lipinski definition) is 3. The largest absolute Gasteiger partial charge is 0.478 e. The highest BCUT2D eigenvalue weighted by molar-refractivity contribution is 5.93. The topological polar surface area (TPSA) is 61.7 Å². The van der Waals surface area contributed by atoms with Gasteiger partial charge in [-0.15, -0.1) is 0 Å². The second-order valence-corrected chi connectivity index (χ2v) is 3.39. The molecule has 1 aromatic carbocycles. The van der Waals surface area contributed by atoms with Crippen molar-refractivity contribution >= 4 is 11.8 Å². The van der Waals surface area contributed by atoms with E-state index >= 15 is 0 Å². The first-order chi connectivity index (χ1) is 7.27. The fourth-order valence-corrected chi connectivity index (χ4v) is 1.63. The van der Waals surface area contributed by atoms with E-state index in [1.165, 1.54) is 0 Å². The van der Waals surface area contributed by atoms with E-state index in [4.69, 9.17) is 5.11 Å². The van der Waals surface area contributed by atoms with Crippen LogP contribution in [0.5, 0.6) is 0 Å². The van der Waals surface area contributed by atoms with Crippen molar-refractivity contribution in [3.8, 4) is 0 Å². The first-order valence-electron chi connectivity index (χ1n) is 4.86. The molecule has 0 unspecified atom stereocenters. The minimum Gasteiger partial charge on any atom is -0.478 e. The van der Waals surface area contributed by atoms with E-state index in [1.54, 1.807) is 12.1 Å². The molecular formula is C11H12N2O2. The molecule has 0 saturated heterocycles. The fourth-order valence-electron chi connectivity index (χ4n) is 1.63. The van der Waals surface area contributed by atoms with E-state index < -0.39 is 5.97 Å². The van der Waals surface area contributed by atoms with E-state index in [-0.39, 0.29) is 0 Å². The summed E-state index contributed by atoms with van der Waals surface area (Å²) in [5.41, 5.74) is 1.16. The van der Waals surface area contributed by atoms with Crippen molar-refractivity contribution in [1.82, 2.24) is 5.32 Å². The van der Waals surface area contributed by atoms with Gasteiger partial charge >= 0.3 is 5.97 Å². The van der Waals surface area contributed by atoms with E-state index in [2.05, 4.69) is 10.3 Å². The van der Waals surface area contributed by atoms with Gasteiger partial charge in [0, 0.05) is 13.0 Å². The first-order valence-corrected chi connectivity index (χ1v) is 4.86. The van der Waals surface area contributed by atoms with Gasteiger partial charge in [-0.3, -0.25) is 4.99 Å². The van der Waals surface area contributed by atoms with Crippen molar-refractivity contribution in [2.75, 3.05) is 13.1 Å². The number of aromatic carboxylic acids is 1. The minimum atomic E-state index is -0.885. The highest BCUT2D eigenvalue weighted by Crippen LogP contribution is 2.10. The number of carboxylic acids is 1. The number of nitrogens with one attached hydrogen (secondary N) is 1. The number of carbonyl (C=O) groups is 1. The predicted molar refractivity (Wildman–Crippen MR) is 57.4 cm³/mol. The lowest BCUT2D eigenvalue weighted by Gasteiger charge is -2.05. The van der Waals surface area contributed by atoms with Crippen LogP contribution in [0.15, 0.2) is 29.3 Å². The van der Waals surface area contributed by atoms with Gasteiger partial charge < -0.3 is 10.4 Å². The van der Waals surface area contributed by atoms with Gasteiger partial charge in [0.25, 0.3) is 0 Å². The normalized spacial score (nSPS) is 14.5. The van der Waals surface area contributed by atoms with Crippen LogP contribution in [0.4, 0.5) is 0 Å². The van der Waals surface area contributed by atoms with Gasteiger partial charge in [-0.05, 0) is 11.6 Å². The van der Waals surface area contributed by atoms with Crippen LogP contribution in [0.1, 0.15) is 15.9 Å². The number of carboxylic acid groups (broad SMARTS) is 1. The van der Waals surface area contributed by atoms with Crippen LogP contribution in [0, 0.1) is 0 Å². The summed E-state index contributed by atoms with van der Waals surface area (Å²) in [6.45, 7) is 1.63. The van der Waals surface area contributed by atoms with Gasteiger partial charge in [-0.25, -0.2) is 4.79 Å². The first kappa shape index (κ1) is 9.71. The van der Waals surface area contributed by atoms with Crippen molar-refractivity contribution in [3.63, 3.8) is 0 Å². The Hall–Kier alpha value is -1.84. The standard InChI is InChI=1S/C11H12N2O2/c14-11(15)9-4-2-1-3-8(9)7-10-12-5-6-13-10/h1-4H,5-7H2,(H,12,13)(H,14,15).